The minimum absolute atomic E-state index is 0.0849. The lowest BCUT2D eigenvalue weighted by Gasteiger charge is -2.25. The van der Waals surface area contributed by atoms with Gasteiger partial charge in [-0.1, -0.05) is 24.3 Å². The molecule has 2 aromatic rings. The zero-order chi connectivity index (χ0) is 14.4. The lowest BCUT2D eigenvalue weighted by atomic mass is 9.99. The molecule has 0 radical (unpaired) electrons. The van der Waals surface area contributed by atoms with Crippen LogP contribution in [-0.4, -0.2) is 34.1 Å². The highest BCUT2D eigenvalue weighted by Crippen LogP contribution is 2.38. The Morgan fingerprint density at radius 3 is 3.14 bits per heavy atom. The maximum absolute atomic E-state index is 12.3. The predicted molar refractivity (Wildman–Crippen MR) is 78.3 cm³/mol. The van der Waals surface area contributed by atoms with Gasteiger partial charge in [0.1, 0.15) is 6.04 Å². The molecule has 5 heteroatoms. The van der Waals surface area contributed by atoms with Crippen molar-refractivity contribution >= 4 is 16.9 Å². The number of nitrogens with zero attached hydrogens (tertiary/aromatic N) is 3. The molecule has 21 heavy (non-hydrogen) atoms. The molecule has 1 fully saturated rings. The Morgan fingerprint density at radius 2 is 2.29 bits per heavy atom. The van der Waals surface area contributed by atoms with Crippen molar-refractivity contribution in [2.24, 2.45) is 0 Å². The van der Waals surface area contributed by atoms with Crippen LogP contribution in [0, 0.1) is 0 Å². The van der Waals surface area contributed by atoms with Gasteiger partial charge in [-0.25, -0.2) is 4.79 Å². The molecule has 106 valence electrons. The number of rotatable bonds is 3. The fraction of sp³-hybridized carbons (Fsp3) is 0.250. The summed E-state index contributed by atoms with van der Waals surface area (Å²) in [7, 11) is 0. The maximum atomic E-state index is 12.3. The van der Waals surface area contributed by atoms with Crippen LogP contribution in [0.4, 0.5) is 4.79 Å². The van der Waals surface area contributed by atoms with E-state index in [4.69, 9.17) is 9.82 Å². The summed E-state index contributed by atoms with van der Waals surface area (Å²) in [5.74, 6) is 0. The van der Waals surface area contributed by atoms with Gasteiger partial charge in [-0.05, 0) is 12.1 Å². The normalized spacial score (nSPS) is 20.0. The summed E-state index contributed by atoms with van der Waals surface area (Å²) in [5.41, 5.74) is 3.01. The molecule has 4 rings (SSSR count). The van der Waals surface area contributed by atoms with Gasteiger partial charge in [0.2, 0.25) is 0 Å². The molecule has 2 bridgehead atoms. The lowest BCUT2D eigenvalue weighted by molar-refractivity contribution is -0.118. The molecule has 5 nitrogen and oxygen atoms in total. The van der Waals surface area contributed by atoms with Crippen LogP contribution < -0.4 is 0 Å². The van der Waals surface area contributed by atoms with Crippen molar-refractivity contribution in [2.75, 3.05) is 13.2 Å². The van der Waals surface area contributed by atoms with Gasteiger partial charge < -0.3 is 4.90 Å². The fourth-order valence-electron chi connectivity index (χ4n) is 3.04. The van der Waals surface area contributed by atoms with Crippen LogP contribution in [0.2, 0.25) is 0 Å². The molecule has 2 aliphatic rings. The van der Waals surface area contributed by atoms with Crippen molar-refractivity contribution < 1.29 is 9.63 Å². The minimum Gasteiger partial charge on any atom is -0.314 e. The van der Waals surface area contributed by atoms with Crippen molar-refractivity contribution in [3.63, 3.8) is 0 Å². The van der Waals surface area contributed by atoms with Gasteiger partial charge >= 0.3 is 6.03 Å². The smallest absolute Gasteiger partial charge is 0.314 e. The number of hydrogen-bond acceptors (Lipinski definition) is 3. The average Bonchev–Trinajstić information content (AvgIpc) is 2.76. The van der Waals surface area contributed by atoms with Crippen molar-refractivity contribution in [3.05, 3.63) is 54.2 Å². The number of pyridine rings is 1. The molecular weight excluding hydrogens is 266 g/mol. The van der Waals surface area contributed by atoms with Crippen molar-refractivity contribution in [2.45, 2.75) is 12.6 Å². The Balaban J connectivity index is 1.81. The van der Waals surface area contributed by atoms with Gasteiger partial charge in [0.15, 0.2) is 0 Å². The highest BCUT2D eigenvalue weighted by molar-refractivity contribution is 5.82. The maximum Gasteiger partial charge on any atom is 0.345 e. The second kappa shape index (κ2) is 4.56. The molecule has 1 saturated heterocycles. The third-order valence-electron chi connectivity index (χ3n) is 4.00. The van der Waals surface area contributed by atoms with E-state index in [1.54, 1.807) is 11.0 Å². The summed E-state index contributed by atoms with van der Waals surface area (Å²) < 4.78 is 0. The molecule has 0 spiro atoms. The molecule has 0 aliphatic carbocycles. The first kappa shape index (κ1) is 12.3. The lowest BCUT2D eigenvalue weighted by Crippen LogP contribution is -2.30. The first-order valence-electron chi connectivity index (χ1n) is 6.98. The Bertz CT molecular complexity index is 743. The zero-order valence-electron chi connectivity index (χ0n) is 11.5. The van der Waals surface area contributed by atoms with Gasteiger partial charge in [-0.2, -0.15) is 5.06 Å². The molecular formula is C16H15N3O2. The van der Waals surface area contributed by atoms with E-state index < -0.39 is 0 Å². The molecule has 1 aromatic carbocycles. The van der Waals surface area contributed by atoms with Crippen LogP contribution in [0.1, 0.15) is 17.3 Å². The van der Waals surface area contributed by atoms with Crippen LogP contribution in [0.15, 0.2) is 43.0 Å². The van der Waals surface area contributed by atoms with Crippen LogP contribution in [0.5, 0.6) is 0 Å². The molecule has 2 aliphatic heterocycles. The summed E-state index contributed by atoms with van der Waals surface area (Å²) >= 11 is 0. The number of para-hydroxylation sites is 1. The van der Waals surface area contributed by atoms with Crippen LogP contribution >= 0.6 is 0 Å². The molecule has 1 unspecified atom stereocenters. The molecule has 2 amide bonds. The molecule has 1 atom stereocenters. The standard InChI is InChI=1S/C16H15N3O2/c1-2-7-21-19-15-10-18(16(19)20)9-14-12(15)8-11-5-3-4-6-13(11)17-14/h2-6,8,15H,1,7,9-10H2. The largest absolute Gasteiger partial charge is 0.345 e. The van der Waals surface area contributed by atoms with Crippen LogP contribution in [-0.2, 0) is 11.4 Å². The summed E-state index contributed by atoms with van der Waals surface area (Å²) in [6.07, 6.45) is 1.64. The molecule has 0 saturated carbocycles. The van der Waals surface area contributed by atoms with Gasteiger partial charge in [0.25, 0.3) is 0 Å². The van der Waals surface area contributed by atoms with E-state index in [2.05, 4.69) is 12.6 Å². The zero-order valence-corrected chi connectivity index (χ0v) is 11.5. The monoisotopic (exact) mass is 281 g/mol. The highest BCUT2D eigenvalue weighted by atomic mass is 16.7. The number of carbonyl (C=O) groups excluding carboxylic acids is 1. The second-order valence-electron chi connectivity index (χ2n) is 5.31. The number of fused-ring (bicyclic) bond motifs is 5. The van der Waals surface area contributed by atoms with Crippen LogP contribution in [0.3, 0.4) is 0 Å². The van der Waals surface area contributed by atoms with E-state index in [-0.39, 0.29) is 12.1 Å². The number of carbonyl (C=O) groups is 1. The van der Waals surface area contributed by atoms with Gasteiger partial charge in [0, 0.05) is 10.9 Å². The molecule has 1 aromatic heterocycles. The number of benzene rings is 1. The fourth-order valence-corrected chi connectivity index (χ4v) is 3.04. The summed E-state index contributed by atoms with van der Waals surface area (Å²) in [6, 6.07) is 9.96. The SMILES string of the molecule is C=CCON1C(=O)N2Cc3nc4ccccc4cc3C1C2. The van der Waals surface area contributed by atoms with Crippen molar-refractivity contribution in [1.82, 2.24) is 14.9 Å². The quantitative estimate of drug-likeness (QED) is 0.812. The third kappa shape index (κ3) is 1.81. The van der Waals surface area contributed by atoms with E-state index in [0.29, 0.717) is 19.7 Å². The Labute approximate surface area is 122 Å². The molecule has 3 heterocycles. The van der Waals surface area contributed by atoms with Crippen molar-refractivity contribution in [1.29, 1.82) is 0 Å². The van der Waals surface area contributed by atoms with E-state index in [0.717, 1.165) is 22.2 Å². The third-order valence-corrected chi connectivity index (χ3v) is 4.00. The number of hydroxylamine groups is 2. The van der Waals surface area contributed by atoms with E-state index >= 15 is 0 Å². The predicted octanol–water partition coefficient (Wildman–Crippen LogP) is 2.64. The topological polar surface area (TPSA) is 45.7 Å². The average molecular weight is 281 g/mol. The van der Waals surface area contributed by atoms with Gasteiger partial charge in [-0.3, -0.25) is 9.82 Å². The number of hydrogen-bond donors (Lipinski definition) is 0. The molecule has 0 N–H and O–H groups in total. The Morgan fingerprint density at radius 1 is 1.43 bits per heavy atom. The van der Waals surface area contributed by atoms with Crippen LogP contribution in [0.25, 0.3) is 10.9 Å². The first-order valence-corrected chi connectivity index (χ1v) is 6.98. The summed E-state index contributed by atoms with van der Waals surface area (Å²) in [4.78, 5) is 24.3. The Kier molecular flexibility index (Phi) is 2.68. The van der Waals surface area contributed by atoms with E-state index in [1.807, 2.05) is 24.3 Å². The Hall–Kier alpha value is -2.40. The first-order chi connectivity index (χ1) is 10.3. The highest BCUT2D eigenvalue weighted by Gasteiger charge is 2.44. The van der Waals surface area contributed by atoms with Gasteiger partial charge in [0.05, 0.1) is 30.9 Å². The van der Waals surface area contributed by atoms with E-state index in [9.17, 15) is 4.79 Å². The number of urea groups is 1. The van der Waals surface area contributed by atoms with E-state index in [1.165, 1.54) is 5.06 Å². The van der Waals surface area contributed by atoms with Gasteiger partial charge in [-0.15, -0.1) is 6.58 Å². The summed E-state index contributed by atoms with van der Waals surface area (Å²) in [6.45, 7) is 5.16. The second-order valence-corrected chi connectivity index (χ2v) is 5.31. The van der Waals surface area contributed by atoms with Crippen molar-refractivity contribution in [3.8, 4) is 0 Å². The number of aromatic nitrogens is 1. The summed E-state index contributed by atoms with van der Waals surface area (Å²) in [5, 5.41) is 2.55. The number of amides is 2. The minimum atomic E-state index is -0.0936.